The normalized spacial score (nSPS) is 12.1. The zero-order chi connectivity index (χ0) is 13.7. The lowest BCUT2D eigenvalue weighted by Gasteiger charge is -1.96. The van der Waals surface area contributed by atoms with E-state index >= 15 is 0 Å². The summed E-state index contributed by atoms with van der Waals surface area (Å²) >= 11 is 0. The molecule has 0 amide bonds. The lowest BCUT2D eigenvalue weighted by atomic mass is 10.2. The Morgan fingerprint density at radius 2 is 2.00 bits per heavy atom. The molecule has 0 unspecified atom stereocenters. The summed E-state index contributed by atoms with van der Waals surface area (Å²) in [6.07, 6.45) is 3.39. The minimum atomic E-state index is -3.27. The minimum absolute atomic E-state index is 0.0523. The van der Waals surface area contributed by atoms with E-state index in [0.717, 1.165) is 5.56 Å². The zero-order valence-electron chi connectivity index (χ0n) is 10.5. The third kappa shape index (κ3) is 4.33. The molecule has 1 heterocycles. The van der Waals surface area contributed by atoms with Gasteiger partial charge in [-0.1, -0.05) is 47.6 Å². The van der Waals surface area contributed by atoms with Gasteiger partial charge in [0, 0.05) is 0 Å². The van der Waals surface area contributed by atoms with Crippen molar-refractivity contribution in [3.05, 3.63) is 53.7 Å². The molecule has 2 aromatic rings. The number of nitrogens with zero attached hydrogens (tertiary/aromatic N) is 2. The molecule has 6 heteroatoms. The molecular weight excluding hydrogens is 264 g/mol. The Bertz CT molecular complexity index is 660. The minimum Gasteiger partial charge on any atom is -0.338 e. The molecule has 0 saturated heterocycles. The molecule has 1 aromatic heterocycles. The van der Waals surface area contributed by atoms with Crippen LogP contribution in [0.15, 0.2) is 40.9 Å². The van der Waals surface area contributed by atoms with Crippen LogP contribution < -0.4 is 0 Å². The van der Waals surface area contributed by atoms with Crippen molar-refractivity contribution in [1.29, 1.82) is 0 Å². The molecule has 0 N–H and O–H groups in total. The third-order valence-electron chi connectivity index (χ3n) is 2.37. The van der Waals surface area contributed by atoms with Crippen LogP contribution in [0, 0.1) is 6.92 Å². The maximum absolute atomic E-state index is 11.8. The Kier molecular flexibility index (Phi) is 4.11. The van der Waals surface area contributed by atoms with Gasteiger partial charge in [0.15, 0.2) is 15.7 Å². The predicted octanol–water partition coefficient (Wildman–Crippen LogP) is 2.01. The van der Waals surface area contributed by atoms with E-state index in [-0.39, 0.29) is 17.4 Å². The first-order valence-corrected chi connectivity index (χ1v) is 7.58. The summed E-state index contributed by atoms with van der Waals surface area (Å²) in [4.78, 5) is 3.88. The molecule has 0 aliphatic heterocycles. The van der Waals surface area contributed by atoms with Gasteiger partial charge in [-0.2, -0.15) is 4.98 Å². The van der Waals surface area contributed by atoms with Gasteiger partial charge in [0.2, 0.25) is 5.89 Å². The summed E-state index contributed by atoms with van der Waals surface area (Å²) in [6.45, 7) is 1.65. The molecule has 0 fully saturated rings. The van der Waals surface area contributed by atoms with E-state index in [1.54, 1.807) is 19.1 Å². The van der Waals surface area contributed by atoms with Gasteiger partial charge in [0.25, 0.3) is 0 Å². The molecule has 0 spiro atoms. The molecular formula is C13H14N2O3S. The van der Waals surface area contributed by atoms with Crippen LogP contribution in [0.1, 0.15) is 17.3 Å². The fraction of sp³-hybridized carbons (Fsp3) is 0.231. The summed E-state index contributed by atoms with van der Waals surface area (Å²) in [5.41, 5.74) is 0.964. The van der Waals surface area contributed by atoms with E-state index in [9.17, 15) is 8.42 Å². The highest BCUT2D eigenvalue weighted by Crippen LogP contribution is 2.06. The van der Waals surface area contributed by atoms with Gasteiger partial charge in [-0.05, 0) is 12.5 Å². The topological polar surface area (TPSA) is 73.1 Å². The van der Waals surface area contributed by atoms with Crippen LogP contribution in [0.4, 0.5) is 0 Å². The number of aromatic nitrogens is 2. The van der Waals surface area contributed by atoms with Crippen molar-refractivity contribution in [2.24, 2.45) is 0 Å². The van der Waals surface area contributed by atoms with Crippen LogP contribution in [0.25, 0.3) is 6.08 Å². The largest absolute Gasteiger partial charge is 0.338 e. The second-order valence-corrected chi connectivity index (χ2v) is 6.21. The van der Waals surface area contributed by atoms with Gasteiger partial charge in [-0.15, -0.1) is 0 Å². The van der Waals surface area contributed by atoms with Crippen molar-refractivity contribution >= 4 is 15.9 Å². The van der Waals surface area contributed by atoms with Crippen molar-refractivity contribution in [2.75, 3.05) is 5.75 Å². The summed E-state index contributed by atoms with van der Waals surface area (Å²) < 4.78 is 28.4. The van der Waals surface area contributed by atoms with Gasteiger partial charge >= 0.3 is 0 Å². The van der Waals surface area contributed by atoms with Crippen LogP contribution in [0.2, 0.25) is 0 Å². The maximum Gasteiger partial charge on any atom is 0.241 e. The Labute approximate surface area is 111 Å². The van der Waals surface area contributed by atoms with Crippen LogP contribution in [-0.4, -0.2) is 24.3 Å². The molecule has 100 valence electrons. The SMILES string of the molecule is Cc1noc(CS(=O)(=O)CC=Cc2ccccc2)n1. The number of sulfone groups is 1. The first-order valence-electron chi connectivity index (χ1n) is 5.76. The first-order chi connectivity index (χ1) is 9.05. The van der Waals surface area contributed by atoms with E-state index in [0.29, 0.717) is 5.82 Å². The summed E-state index contributed by atoms with van der Waals surface area (Å²) in [5.74, 6) is 0.284. The van der Waals surface area contributed by atoms with Crippen molar-refractivity contribution < 1.29 is 12.9 Å². The molecule has 0 saturated carbocycles. The van der Waals surface area contributed by atoms with Gasteiger partial charge in [0.05, 0.1) is 5.75 Å². The van der Waals surface area contributed by atoms with Crippen LogP contribution in [0.3, 0.4) is 0 Å². The lowest BCUT2D eigenvalue weighted by molar-refractivity contribution is 0.384. The summed E-state index contributed by atoms with van der Waals surface area (Å²) in [7, 11) is -3.27. The average molecular weight is 278 g/mol. The first kappa shape index (κ1) is 13.5. The number of rotatable bonds is 5. The van der Waals surface area contributed by atoms with Gasteiger partial charge in [-0.25, -0.2) is 8.42 Å². The van der Waals surface area contributed by atoms with E-state index < -0.39 is 9.84 Å². The molecule has 5 nitrogen and oxygen atoms in total. The fourth-order valence-corrected chi connectivity index (χ4v) is 2.54. The molecule has 19 heavy (non-hydrogen) atoms. The van der Waals surface area contributed by atoms with Crippen LogP contribution in [-0.2, 0) is 15.6 Å². The predicted molar refractivity (Wildman–Crippen MR) is 72.0 cm³/mol. The quantitative estimate of drug-likeness (QED) is 0.836. The highest BCUT2D eigenvalue weighted by molar-refractivity contribution is 7.90. The number of hydrogen-bond acceptors (Lipinski definition) is 5. The Morgan fingerprint density at radius 3 is 2.63 bits per heavy atom. The van der Waals surface area contributed by atoms with Gasteiger partial charge < -0.3 is 4.52 Å². The molecule has 0 atom stereocenters. The van der Waals surface area contributed by atoms with E-state index in [1.165, 1.54) is 0 Å². The Balaban J connectivity index is 1.96. The van der Waals surface area contributed by atoms with Crippen LogP contribution >= 0.6 is 0 Å². The second kappa shape index (κ2) is 5.79. The van der Waals surface area contributed by atoms with Gasteiger partial charge in [-0.3, -0.25) is 0 Å². The number of aryl methyl sites for hydroxylation is 1. The Morgan fingerprint density at radius 1 is 1.26 bits per heavy atom. The second-order valence-electron chi connectivity index (χ2n) is 4.10. The zero-order valence-corrected chi connectivity index (χ0v) is 11.3. The molecule has 0 radical (unpaired) electrons. The lowest BCUT2D eigenvalue weighted by Crippen LogP contribution is -2.07. The van der Waals surface area contributed by atoms with Crippen molar-refractivity contribution in [2.45, 2.75) is 12.7 Å². The number of benzene rings is 1. The summed E-state index contributed by atoms with van der Waals surface area (Å²) in [5, 5.41) is 3.56. The average Bonchev–Trinajstić information content (AvgIpc) is 2.75. The fourth-order valence-electron chi connectivity index (χ4n) is 1.54. The van der Waals surface area contributed by atoms with Gasteiger partial charge in [0.1, 0.15) is 5.75 Å². The molecule has 0 bridgehead atoms. The smallest absolute Gasteiger partial charge is 0.241 e. The Hall–Kier alpha value is -1.95. The molecule has 0 aliphatic rings. The maximum atomic E-state index is 11.8. The van der Waals surface area contributed by atoms with E-state index in [4.69, 9.17) is 4.52 Å². The third-order valence-corrected chi connectivity index (χ3v) is 3.76. The highest BCUT2D eigenvalue weighted by atomic mass is 32.2. The van der Waals surface area contributed by atoms with E-state index in [1.807, 2.05) is 30.3 Å². The highest BCUT2D eigenvalue weighted by Gasteiger charge is 2.14. The van der Waals surface area contributed by atoms with Crippen LogP contribution in [0.5, 0.6) is 0 Å². The van der Waals surface area contributed by atoms with Crippen molar-refractivity contribution in [3.63, 3.8) is 0 Å². The van der Waals surface area contributed by atoms with Crippen molar-refractivity contribution in [1.82, 2.24) is 10.1 Å². The van der Waals surface area contributed by atoms with E-state index in [2.05, 4.69) is 10.1 Å². The molecule has 1 aromatic carbocycles. The standard InChI is InChI=1S/C13H14N2O3S/c1-11-14-13(18-15-11)10-19(16,17)9-5-8-12-6-3-2-4-7-12/h2-8H,9-10H2,1H3. The number of hydrogen-bond donors (Lipinski definition) is 0. The summed E-state index contributed by atoms with van der Waals surface area (Å²) in [6, 6.07) is 9.52. The van der Waals surface area contributed by atoms with Crippen molar-refractivity contribution in [3.8, 4) is 0 Å². The molecule has 2 rings (SSSR count). The monoisotopic (exact) mass is 278 g/mol. The molecule has 0 aliphatic carbocycles.